The van der Waals surface area contributed by atoms with E-state index >= 15 is 0 Å². The summed E-state index contributed by atoms with van der Waals surface area (Å²) >= 11 is 10.7. The molecule has 2 saturated heterocycles. The molecule has 3 aromatic rings. The molecule has 1 aliphatic carbocycles. The Morgan fingerprint density at radius 1 is 1.06 bits per heavy atom. The minimum Gasteiger partial charge on any atom is -0.474 e. The molecule has 0 aromatic carbocycles. The van der Waals surface area contributed by atoms with Crippen LogP contribution in [-0.2, 0) is 57.1 Å². The maximum atomic E-state index is 14.4. The number of hydrogen-bond acceptors (Lipinski definition) is 19. The van der Waals surface area contributed by atoms with Crippen molar-refractivity contribution < 1.29 is 54.8 Å². The van der Waals surface area contributed by atoms with Crippen LogP contribution < -0.4 is 15.6 Å². The van der Waals surface area contributed by atoms with Gasteiger partial charge < -0.3 is 31.9 Å². The van der Waals surface area contributed by atoms with Crippen LogP contribution in [0, 0.1) is 23.2 Å². The van der Waals surface area contributed by atoms with Crippen LogP contribution >= 0.6 is 25.8 Å². The first-order valence-electron chi connectivity index (χ1n) is 22.1. The predicted octanol–water partition coefficient (Wildman–Crippen LogP) is 7.19. The summed E-state index contributed by atoms with van der Waals surface area (Å²) in [5, 5.41) is 12.2. The summed E-state index contributed by atoms with van der Waals surface area (Å²) in [4.78, 5) is 58.3. The lowest BCUT2D eigenvalue weighted by Gasteiger charge is -2.47. The van der Waals surface area contributed by atoms with Gasteiger partial charge in [0.2, 0.25) is 17.7 Å². The van der Waals surface area contributed by atoms with E-state index in [9.17, 15) is 24.2 Å². The number of carbonyl (C=O) groups excluding carboxylic acids is 1. The summed E-state index contributed by atoms with van der Waals surface area (Å²) in [5.41, 5.74) is -1.76. The molecule has 2 bridgehead atoms. The zero-order valence-electron chi connectivity index (χ0n) is 38.8. The summed E-state index contributed by atoms with van der Waals surface area (Å²) in [6, 6.07) is 3.68. The molecule has 3 aliphatic rings. The van der Waals surface area contributed by atoms with Crippen LogP contribution in [0.1, 0.15) is 94.7 Å². The van der Waals surface area contributed by atoms with Crippen molar-refractivity contribution in [2.45, 2.75) is 147 Å². The van der Waals surface area contributed by atoms with Crippen LogP contribution in [0.5, 0.6) is 5.88 Å². The first-order chi connectivity index (χ1) is 31.0. The monoisotopic (exact) mass is 1030 g/mol. The average molecular weight is 1030 g/mol. The molecule has 0 unspecified atom stereocenters. The lowest BCUT2D eigenvalue weighted by molar-refractivity contribution is -0.118. The highest BCUT2D eigenvalue weighted by molar-refractivity contribution is 8.44. The molecule has 2 aliphatic heterocycles. The lowest BCUT2D eigenvalue weighted by Crippen LogP contribution is -2.62. The Bertz CT molecular complexity index is 2340. The Labute approximate surface area is 397 Å². The molecule has 6 rings (SSSR count). The molecular formula is C39H62N8O13P2S2Si2. The molecule has 0 spiro atoms. The zero-order chi connectivity index (χ0) is 48.4. The zero-order valence-corrected chi connectivity index (χ0v) is 44.3. The van der Waals surface area contributed by atoms with Gasteiger partial charge in [-0.15, -0.1) is 0 Å². The fourth-order valence-electron chi connectivity index (χ4n) is 8.29. The summed E-state index contributed by atoms with van der Waals surface area (Å²) in [6.45, 7) is 10.1. The molecule has 3 fully saturated rings. The van der Waals surface area contributed by atoms with Crippen molar-refractivity contribution in [3.63, 3.8) is 0 Å². The standard InChI is InChI=1S/C39H62N8O13P2S2Si2/c1-22(2)36(48)45-39-44-35-32(37(49)46-39)43-21-47(35)38-34-33(59-66(25(7)8,26(9)10)60-65(51,23(3)4)24(5)6)30(56-38)19-53-61(50,63)57-29-17-28(55-31-12-14-41-20-42-31)16-27(29)18-54-62(64,58-34)52-15-11-13-40/h12,14,20-30,33-34,38,51H,11,15-19H2,1-10H3,(H,50,63)(H2,44,45,46,48,49)/t27-,28-,29+,30-,33-,34-,38-,61-,62+/m1/s1. The Morgan fingerprint density at radius 3 is 2.39 bits per heavy atom. The largest absolute Gasteiger partial charge is 0.474 e. The Balaban J connectivity index is 1.51. The van der Waals surface area contributed by atoms with Crippen molar-refractivity contribution in [3.05, 3.63) is 35.3 Å². The van der Waals surface area contributed by atoms with Crippen LogP contribution in [0.3, 0.4) is 0 Å². The number of carbonyl (C=O) groups is 1. The van der Waals surface area contributed by atoms with Crippen LogP contribution in [-0.4, -0.2) is 108 Å². The first-order valence-corrected chi connectivity index (χ1v) is 31.3. The van der Waals surface area contributed by atoms with E-state index in [-0.39, 0.29) is 65.3 Å². The second kappa shape index (κ2) is 21.6. The molecule has 0 radical (unpaired) electrons. The minimum absolute atomic E-state index is 0.00179. The van der Waals surface area contributed by atoms with Crippen molar-refractivity contribution in [1.82, 2.24) is 29.5 Å². The van der Waals surface area contributed by atoms with Gasteiger partial charge in [-0.1, -0.05) is 81.5 Å². The average Bonchev–Trinajstić information content (AvgIpc) is 3.93. The number of thiol groups is 1. The van der Waals surface area contributed by atoms with E-state index < -0.39 is 97.3 Å². The van der Waals surface area contributed by atoms with Crippen LogP contribution in [0.4, 0.5) is 5.95 Å². The molecular weight excluding hydrogens is 971 g/mol. The molecule has 1 amide bonds. The van der Waals surface area contributed by atoms with E-state index in [1.807, 2.05) is 55.4 Å². The molecule has 66 heavy (non-hydrogen) atoms. The number of nitrogens with one attached hydrogen (secondary N) is 2. The van der Waals surface area contributed by atoms with Crippen LogP contribution in [0.15, 0.2) is 29.7 Å². The molecule has 366 valence electrons. The van der Waals surface area contributed by atoms with Gasteiger partial charge in [-0.2, -0.15) is 10.2 Å². The van der Waals surface area contributed by atoms with E-state index in [0.717, 1.165) is 0 Å². The fourth-order valence-corrected chi connectivity index (χ4v) is 21.9. The Hall–Kier alpha value is -2.51. The number of H-pyrrole nitrogens is 1. The summed E-state index contributed by atoms with van der Waals surface area (Å²) in [7, 11) is -7.22. The topological polar surface area (TPSA) is 263 Å². The number of anilines is 1. The second-order valence-corrected chi connectivity index (χ2v) is 32.7. The maximum Gasteiger partial charge on any atom is 0.386 e. The van der Waals surface area contributed by atoms with E-state index in [4.69, 9.17) is 52.4 Å². The van der Waals surface area contributed by atoms with E-state index in [1.54, 1.807) is 26.1 Å². The SMILES string of the molecule is CC(C)C(=O)Nc1nc2c(ncn2[C@@H]2O[C@@H]3CO[P@@](=O)(S)O[C@H]4C[C@H](Oc5ccncn5)C[C@@H]4CO[P@@](=S)(OCCC#N)O[C@@H]2[C@@H]3O[Si](O[Si](O)(C(C)C)C(C)C)(C(C)C)C(C)C)c(=O)[nH]1. The molecule has 3 N–H and O–H groups in total. The van der Waals surface area contributed by atoms with Crippen LogP contribution in [0.25, 0.3) is 11.2 Å². The third kappa shape index (κ3) is 11.9. The van der Waals surface area contributed by atoms with Crippen LogP contribution in [0.2, 0.25) is 22.2 Å². The number of fused-ring (bicyclic) bond motifs is 4. The number of aromatic nitrogens is 6. The Kier molecular flexibility index (Phi) is 17.3. The molecule has 21 nitrogen and oxygen atoms in total. The minimum atomic E-state index is -4.22. The number of aromatic amines is 1. The van der Waals surface area contributed by atoms with Gasteiger partial charge in [0, 0.05) is 30.5 Å². The number of rotatable bonds is 16. The number of hydrogen-bond donors (Lipinski definition) is 4. The Morgan fingerprint density at radius 2 is 1.77 bits per heavy atom. The second-order valence-electron chi connectivity index (χ2n) is 18.2. The normalized spacial score (nSPS) is 28.9. The molecule has 27 heteroatoms. The summed E-state index contributed by atoms with van der Waals surface area (Å²) < 4.78 is 75.4. The molecule has 9 atom stereocenters. The van der Waals surface area contributed by atoms with E-state index in [1.165, 1.54) is 17.2 Å². The van der Waals surface area contributed by atoms with Crippen molar-refractivity contribution >= 4 is 77.7 Å². The number of nitriles is 1. The van der Waals surface area contributed by atoms with E-state index in [0.29, 0.717) is 12.3 Å². The van der Waals surface area contributed by atoms with Gasteiger partial charge in [0.25, 0.3) is 5.56 Å². The third-order valence-corrected chi connectivity index (χ3v) is 25.7. The molecule has 3 aromatic heterocycles. The van der Waals surface area contributed by atoms with Gasteiger partial charge in [-0.3, -0.25) is 38.0 Å². The smallest absolute Gasteiger partial charge is 0.386 e. The van der Waals surface area contributed by atoms with Gasteiger partial charge in [0.05, 0.1) is 44.7 Å². The summed E-state index contributed by atoms with van der Waals surface area (Å²) in [6.07, 6.45) is -1.40. The summed E-state index contributed by atoms with van der Waals surface area (Å²) in [5.74, 6) is -1.14. The van der Waals surface area contributed by atoms with Crippen molar-refractivity contribution in [1.29, 1.82) is 5.26 Å². The number of ether oxygens (including phenoxy) is 2. The van der Waals surface area contributed by atoms with Gasteiger partial charge in [0.15, 0.2) is 17.4 Å². The number of imidazole rings is 1. The van der Waals surface area contributed by atoms with Gasteiger partial charge in [-0.05, 0) is 40.4 Å². The first kappa shape index (κ1) is 52.9. The highest BCUT2D eigenvalue weighted by Gasteiger charge is 2.60. The van der Waals surface area contributed by atoms with E-state index in [2.05, 4.69) is 48.6 Å². The third-order valence-electron chi connectivity index (χ3n) is 11.9. The number of amides is 1. The molecule has 1 saturated carbocycles. The van der Waals surface area contributed by atoms with Gasteiger partial charge in [-0.25, -0.2) is 19.5 Å². The maximum absolute atomic E-state index is 14.4. The van der Waals surface area contributed by atoms with Crippen molar-refractivity contribution in [2.75, 3.05) is 25.1 Å². The van der Waals surface area contributed by atoms with Crippen molar-refractivity contribution in [2.24, 2.45) is 11.8 Å². The molecule has 5 heterocycles. The van der Waals surface area contributed by atoms with Crippen molar-refractivity contribution in [3.8, 4) is 11.9 Å². The fraction of sp³-hybridized carbons (Fsp3) is 0.718. The lowest BCUT2D eigenvalue weighted by atomic mass is 10.1. The predicted molar refractivity (Wildman–Crippen MR) is 253 cm³/mol. The number of nitrogens with zero attached hydrogens (tertiary/aromatic N) is 6. The highest BCUT2D eigenvalue weighted by Crippen LogP contribution is 2.60. The highest BCUT2D eigenvalue weighted by atomic mass is 32.7. The van der Waals surface area contributed by atoms with Gasteiger partial charge in [0.1, 0.15) is 30.7 Å². The quantitative estimate of drug-likeness (QED) is 0.0479. The van der Waals surface area contributed by atoms with Gasteiger partial charge >= 0.3 is 30.6 Å².